The van der Waals surface area contributed by atoms with Crippen molar-refractivity contribution < 1.29 is 13.3 Å². The van der Waals surface area contributed by atoms with Gasteiger partial charge in [-0.1, -0.05) is 32.6 Å². The topological polar surface area (TPSA) is 27.7 Å². The lowest BCUT2D eigenvalue weighted by Crippen LogP contribution is -2.55. The molecule has 1 unspecified atom stereocenters. The molecule has 0 radical (unpaired) electrons. The Balaban J connectivity index is 5.05. The molecule has 0 fully saturated rings. The SMILES string of the molecule is CCO[Si](OCC)(OCC)C(CC[Si](C)(C)C)SCC. The van der Waals surface area contributed by atoms with Gasteiger partial charge in [-0.05, 0) is 32.9 Å². The molecule has 0 spiro atoms. The maximum Gasteiger partial charge on any atom is 0.514 e. The van der Waals surface area contributed by atoms with E-state index in [9.17, 15) is 0 Å². The van der Waals surface area contributed by atoms with Crippen molar-refractivity contribution in [1.82, 2.24) is 0 Å². The van der Waals surface area contributed by atoms with E-state index in [1.54, 1.807) is 0 Å². The molecule has 0 rings (SSSR count). The van der Waals surface area contributed by atoms with Crippen molar-refractivity contribution in [3.05, 3.63) is 0 Å². The predicted octanol–water partition coefficient (Wildman–Crippen LogP) is 4.42. The zero-order valence-corrected chi connectivity index (χ0v) is 17.3. The van der Waals surface area contributed by atoms with Crippen LogP contribution >= 0.6 is 11.8 Å². The van der Waals surface area contributed by atoms with E-state index in [-0.39, 0.29) is 0 Å². The lowest BCUT2D eigenvalue weighted by molar-refractivity contribution is 0.0692. The van der Waals surface area contributed by atoms with Gasteiger partial charge >= 0.3 is 8.80 Å². The zero-order chi connectivity index (χ0) is 15.6. The molecule has 0 aromatic heterocycles. The van der Waals surface area contributed by atoms with E-state index < -0.39 is 16.9 Å². The molecule has 1 atom stereocenters. The largest absolute Gasteiger partial charge is 0.514 e. The van der Waals surface area contributed by atoms with Crippen molar-refractivity contribution in [2.24, 2.45) is 0 Å². The lowest BCUT2D eigenvalue weighted by Gasteiger charge is -2.35. The second-order valence-electron chi connectivity index (χ2n) is 5.95. The Morgan fingerprint density at radius 1 is 0.850 bits per heavy atom. The van der Waals surface area contributed by atoms with Gasteiger partial charge in [-0.2, -0.15) is 11.8 Å². The highest BCUT2D eigenvalue weighted by atomic mass is 32.2. The Morgan fingerprint density at radius 2 is 1.30 bits per heavy atom. The Kier molecular flexibility index (Phi) is 10.7. The van der Waals surface area contributed by atoms with Crippen LogP contribution in [0.25, 0.3) is 0 Å². The predicted molar refractivity (Wildman–Crippen MR) is 95.3 cm³/mol. The van der Waals surface area contributed by atoms with E-state index in [0.717, 1.165) is 12.2 Å². The maximum absolute atomic E-state index is 6.08. The summed E-state index contributed by atoms with van der Waals surface area (Å²) in [5.74, 6) is 1.08. The Bertz CT molecular complexity index is 230. The van der Waals surface area contributed by atoms with Crippen LogP contribution in [-0.4, -0.2) is 47.3 Å². The van der Waals surface area contributed by atoms with Gasteiger partial charge in [0.25, 0.3) is 0 Å². The van der Waals surface area contributed by atoms with Gasteiger partial charge in [0.15, 0.2) is 0 Å². The molecule has 6 heteroatoms. The first-order valence-electron chi connectivity index (χ1n) is 7.88. The third-order valence-electron chi connectivity index (χ3n) is 2.96. The molecule has 0 aliphatic heterocycles. The second-order valence-corrected chi connectivity index (χ2v) is 16.2. The van der Waals surface area contributed by atoms with Gasteiger partial charge in [0.05, 0.1) is 4.87 Å². The van der Waals surface area contributed by atoms with Crippen molar-refractivity contribution >= 4 is 28.6 Å². The first kappa shape index (κ1) is 20.7. The summed E-state index contributed by atoms with van der Waals surface area (Å²) in [5.41, 5.74) is 0. The van der Waals surface area contributed by atoms with Crippen molar-refractivity contribution in [2.75, 3.05) is 25.6 Å². The smallest absolute Gasteiger partial charge is 0.373 e. The van der Waals surface area contributed by atoms with E-state index in [1.165, 1.54) is 6.04 Å². The van der Waals surface area contributed by atoms with Crippen molar-refractivity contribution in [3.8, 4) is 0 Å². The van der Waals surface area contributed by atoms with Gasteiger partial charge in [-0.3, -0.25) is 0 Å². The minimum atomic E-state index is -2.56. The Morgan fingerprint density at radius 3 is 1.60 bits per heavy atom. The third kappa shape index (κ3) is 7.61. The van der Waals surface area contributed by atoms with E-state index >= 15 is 0 Å². The Hall–Kier alpha value is 0.664. The molecule has 0 aromatic rings. The van der Waals surface area contributed by atoms with Gasteiger partial charge in [0.1, 0.15) is 0 Å². The minimum absolute atomic E-state index is 0.374. The molecule has 0 aromatic carbocycles. The van der Waals surface area contributed by atoms with Gasteiger partial charge in [-0.25, -0.2) is 0 Å². The van der Waals surface area contributed by atoms with Gasteiger partial charge < -0.3 is 13.3 Å². The van der Waals surface area contributed by atoms with Crippen LogP contribution in [0, 0.1) is 0 Å². The van der Waals surface area contributed by atoms with Crippen molar-refractivity contribution in [1.29, 1.82) is 0 Å². The van der Waals surface area contributed by atoms with E-state index in [1.807, 2.05) is 32.5 Å². The highest BCUT2D eigenvalue weighted by Crippen LogP contribution is 2.31. The maximum atomic E-state index is 6.08. The second kappa shape index (κ2) is 10.4. The van der Waals surface area contributed by atoms with E-state index in [4.69, 9.17) is 13.3 Å². The molecule has 0 saturated heterocycles. The molecule has 122 valence electrons. The fourth-order valence-electron chi connectivity index (χ4n) is 2.13. The van der Waals surface area contributed by atoms with Crippen molar-refractivity contribution in [2.45, 2.75) is 64.7 Å². The quantitative estimate of drug-likeness (QED) is 0.492. The Labute approximate surface area is 132 Å². The summed E-state index contributed by atoms with van der Waals surface area (Å²) in [7, 11) is -3.61. The molecule has 0 amide bonds. The molecular weight excluding hydrogens is 304 g/mol. The monoisotopic (exact) mass is 338 g/mol. The minimum Gasteiger partial charge on any atom is -0.373 e. The summed E-state index contributed by atoms with van der Waals surface area (Å²) in [6.07, 6.45) is 1.15. The highest BCUT2D eigenvalue weighted by Gasteiger charge is 2.49. The molecule has 0 aliphatic carbocycles. The molecule has 0 saturated carbocycles. The van der Waals surface area contributed by atoms with Crippen LogP contribution in [0.2, 0.25) is 25.7 Å². The first-order chi connectivity index (χ1) is 9.35. The van der Waals surface area contributed by atoms with Gasteiger partial charge in [0, 0.05) is 27.9 Å². The molecule has 0 aliphatic rings. The number of hydrogen-bond donors (Lipinski definition) is 0. The summed E-state index contributed by atoms with van der Waals surface area (Å²) >= 11 is 1.95. The molecular formula is C14H34O3SSi2. The standard InChI is InChI=1S/C14H34O3SSi2/c1-8-15-20(16-9-2,17-10-3)14(18-11-4)12-13-19(5,6)7/h14H,8-13H2,1-7H3. The molecule has 20 heavy (non-hydrogen) atoms. The molecule has 0 heterocycles. The third-order valence-corrected chi connectivity index (χ3v) is 10.2. The molecule has 0 N–H and O–H groups in total. The lowest BCUT2D eigenvalue weighted by atomic mass is 10.6. The van der Waals surface area contributed by atoms with Crippen molar-refractivity contribution in [3.63, 3.8) is 0 Å². The average molecular weight is 339 g/mol. The van der Waals surface area contributed by atoms with Crippen LogP contribution in [0.5, 0.6) is 0 Å². The summed E-state index contributed by atoms with van der Waals surface area (Å²) < 4.78 is 18.2. The normalized spacial score (nSPS) is 14.6. The number of rotatable bonds is 12. The summed E-state index contributed by atoms with van der Waals surface area (Å²) in [5, 5.41) is 0. The molecule has 3 nitrogen and oxygen atoms in total. The van der Waals surface area contributed by atoms with Crippen LogP contribution in [0.4, 0.5) is 0 Å². The number of thioether (sulfide) groups is 1. The first-order valence-corrected chi connectivity index (χ1v) is 14.4. The van der Waals surface area contributed by atoms with Crippen LogP contribution in [0.15, 0.2) is 0 Å². The fraction of sp³-hybridized carbons (Fsp3) is 1.00. The van der Waals surface area contributed by atoms with E-state index in [2.05, 4.69) is 26.6 Å². The molecule has 0 bridgehead atoms. The highest BCUT2D eigenvalue weighted by molar-refractivity contribution is 8.01. The van der Waals surface area contributed by atoms with Crippen LogP contribution in [-0.2, 0) is 13.3 Å². The summed E-state index contributed by atoms with van der Waals surface area (Å²) in [6.45, 7) is 17.6. The zero-order valence-electron chi connectivity index (χ0n) is 14.5. The van der Waals surface area contributed by atoms with Gasteiger partial charge in [-0.15, -0.1) is 0 Å². The number of hydrogen-bond acceptors (Lipinski definition) is 4. The summed E-state index contributed by atoms with van der Waals surface area (Å²) in [6, 6.07) is 1.30. The summed E-state index contributed by atoms with van der Waals surface area (Å²) in [4.78, 5) is 0.374. The van der Waals surface area contributed by atoms with E-state index in [0.29, 0.717) is 24.7 Å². The van der Waals surface area contributed by atoms with Gasteiger partial charge in [0.2, 0.25) is 0 Å². The van der Waals surface area contributed by atoms with Crippen LogP contribution in [0.1, 0.15) is 34.1 Å². The van der Waals surface area contributed by atoms with Crippen LogP contribution < -0.4 is 0 Å². The average Bonchev–Trinajstić information content (AvgIpc) is 2.34. The van der Waals surface area contributed by atoms with Crippen LogP contribution in [0.3, 0.4) is 0 Å². The fourth-order valence-corrected chi connectivity index (χ4v) is 8.92.